The number of hydrogen-bond acceptors (Lipinski definition) is 2. The lowest BCUT2D eigenvalue weighted by Gasteiger charge is -2.23. The molecule has 0 aliphatic heterocycles. The van der Waals surface area contributed by atoms with Crippen molar-refractivity contribution in [3.05, 3.63) is 33.8 Å². The van der Waals surface area contributed by atoms with Crippen molar-refractivity contribution < 1.29 is 14.7 Å². The van der Waals surface area contributed by atoms with Crippen LogP contribution in [0.5, 0.6) is 0 Å². The number of carbonyl (C=O) groups is 2. The summed E-state index contributed by atoms with van der Waals surface area (Å²) in [5.74, 6) is -1.22. The molecule has 0 saturated heterocycles. The first kappa shape index (κ1) is 16.8. The van der Waals surface area contributed by atoms with Crippen molar-refractivity contribution in [3.8, 4) is 0 Å². The highest BCUT2D eigenvalue weighted by Crippen LogP contribution is 2.24. The highest BCUT2D eigenvalue weighted by atomic mass is 35.5. The smallest absolute Gasteiger partial charge is 0.309 e. The number of amides is 1. The Labute approximate surface area is 128 Å². The number of nitrogens with zero attached hydrogens (tertiary/aromatic N) is 1. The average molecular weight is 318 g/mol. The number of rotatable bonds is 5. The standard InChI is InChI=1S/C14H17Cl2NO3/c1-14(2,13(19)20)7-12(18)17(3)8-9-4-5-10(15)11(16)6-9/h4-6H,7-8H2,1-3H3,(H,19,20). The molecule has 110 valence electrons. The molecule has 1 aromatic rings. The minimum atomic E-state index is -1.08. The van der Waals surface area contributed by atoms with Gasteiger partial charge < -0.3 is 10.0 Å². The summed E-state index contributed by atoms with van der Waals surface area (Å²) in [6.45, 7) is 3.41. The minimum absolute atomic E-state index is 0.0554. The lowest BCUT2D eigenvalue weighted by atomic mass is 9.89. The van der Waals surface area contributed by atoms with Crippen molar-refractivity contribution in [3.63, 3.8) is 0 Å². The summed E-state index contributed by atoms with van der Waals surface area (Å²) < 4.78 is 0. The Bertz CT molecular complexity index is 529. The summed E-state index contributed by atoms with van der Waals surface area (Å²) >= 11 is 11.7. The second-order valence-corrected chi connectivity index (χ2v) is 6.18. The molecular formula is C14H17Cl2NO3. The van der Waals surface area contributed by atoms with E-state index in [1.807, 2.05) is 0 Å². The first-order chi connectivity index (χ1) is 9.13. The molecule has 0 radical (unpaired) electrons. The van der Waals surface area contributed by atoms with E-state index in [-0.39, 0.29) is 12.3 Å². The topological polar surface area (TPSA) is 57.6 Å². The molecule has 0 heterocycles. The molecule has 1 amide bonds. The third-order valence-electron chi connectivity index (χ3n) is 3.00. The molecule has 1 rings (SSSR count). The van der Waals surface area contributed by atoms with E-state index < -0.39 is 11.4 Å². The second-order valence-electron chi connectivity index (χ2n) is 5.36. The van der Waals surface area contributed by atoms with Gasteiger partial charge in [0.05, 0.1) is 15.5 Å². The molecule has 4 nitrogen and oxygen atoms in total. The monoisotopic (exact) mass is 317 g/mol. The quantitative estimate of drug-likeness (QED) is 0.904. The Morgan fingerprint density at radius 3 is 2.35 bits per heavy atom. The summed E-state index contributed by atoms with van der Waals surface area (Å²) in [4.78, 5) is 24.5. The largest absolute Gasteiger partial charge is 0.481 e. The first-order valence-corrected chi connectivity index (χ1v) is 6.80. The highest BCUT2D eigenvalue weighted by molar-refractivity contribution is 6.42. The van der Waals surface area contributed by atoms with E-state index in [2.05, 4.69) is 0 Å². The lowest BCUT2D eigenvalue weighted by Crippen LogP contribution is -2.34. The van der Waals surface area contributed by atoms with Crippen LogP contribution in [0.1, 0.15) is 25.8 Å². The molecule has 0 spiro atoms. The summed E-state index contributed by atoms with van der Waals surface area (Å²) in [5, 5.41) is 9.91. The number of carbonyl (C=O) groups excluding carboxylic acids is 1. The fraction of sp³-hybridized carbons (Fsp3) is 0.429. The van der Waals surface area contributed by atoms with Gasteiger partial charge >= 0.3 is 5.97 Å². The fourth-order valence-electron chi connectivity index (χ4n) is 1.59. The highest BCUT2D eigenvalue weighted by Gasteiger charge is 2.31. The van der Waals surface area contributed by atoms with Gasteiger partial charge in [0.15, 0.2) is 0 Å². The maximum atomic E-state index is 12.0. The number of carboxylic acid groups (broad SMARTS) is 1. The Balaban J connectivity index is 2.71. The fourth-order valence-corrected chi connectivity index (χ4v) is 1.91. The molecule has 0 fully saturated rings. The molecule has 1 aromatic carbocycles. The van der Waals surface area contributed by atoms with Gasteiger partial charge in [0.1, 0.15) is 0 Å². The van der Waals surface area contributed by atoms with Gasteiger partial charge in [0, 0.05) is 20.0 Å². The van der Waals surface area contributed by atoms with Gasteiger partial charge in [0.25, 0.3) is 0 Å². The van der Waals surface area contributed by atoms with E-state index in [0.29, 0.717) is 16.6 Å². The van der Waals surface area contributed by atoms with Gasteiger partial charge in [-0.2, -0.15) is 0 Å². The van der Waals surface area contributed by atoms with Crippen LogP contribution in [0.15, 0.2) is 18.2 Å². The molecule has 0 unspecified atom stereocenters. The molecule has 0 saturated carbocycles. The van der Waals surface area contributed by atoms with Gasteiger partial charge in [-0.25, -0.2) is 0 Å². The SMILES string of the molecule is CN(Cc1ccc(Cl)c(Cl)c1)C(=O)CC(C)(C)C(=O)O. The Morgan fingerprint density at radius 2 is 1.85 bits per heavy atom. The summed E-state index contributed by atoms with van der Waals surface area (Å²) in [6, 6.07) is 5.13. The van der Waals surface area contributed by atoms with Crippen molar-refractivity contribution in [2.45, 2.75) is 26.8 Å². The maximum absolute atomic E-state index is 12.0. The van der Waals surface area contributed by atoms with Crippen LogP contribution in [-0.4, -0.2) is 28.9 Å². The van der Waals surface area contributed by atoms with E-state index in [0.717, 1.165) is 5.56 Å². The third-order valence-corrected chi connectivity index (χ3v) is 3.74. The third kappa shape index (κ3) is 4.39. The van der Waals surface area contributed by atoms with E-state index in [1.54, 1.807) is 25.2 Å². The van der Waals surface area contributed by atoms with E-state index >= 15 is 0 Å². The molecule has 6 heteroatoms. The van der Waals surface area contributed by atoms with Crippen LogP contribution in [0.25, 0.3) is 0 Å². The minimum Gasteiger partial charge on any atom is -0.481 e. The molecule has 0 bridgehead atoms. The summed E-state index contributed by atoms with van der Waals surface area (Å²) in [6.07, 6.45) is -0.0554. The van der Waals surface area contributed by atoms with Crippen LogP contribution in [0.2, 0.25) is 10.0 Å². The zero-order valence-electron chi connectivity index (χ0n) is 11.6. The molecule has 0 atom stereocenters. The maximum Gasteiger partial charge on any atom is 0.309 e. The van der Waals surface area contributed by atoms with Gasteiger partial charge in [-0.15, -0.1) is 0 Å². The van der Waals surface area contributed by atoms with Crippen molar-refractivity contribution in [1.29, 1.82) is 0 Å². The lowest BCUT2D eigenvalue weighted by molar-refractivity contribution is -0.151. The van der Waals surface area contributed by atoms with Crippen LogP contribution in [0.4, 0.5) is 0 Å². The van der Waals surface area contributed by atoms with Crippen molar-refractivity contribution >= 4 is 35.1 Å². The molecule has 0 aliphatic rings. The molecular weight excluding hydrogens is 301 g/mol. The average Bonchev–Trinajstić information content (AvgIpc) is 2.33. The van der Waals surface area contributed by atoms with Crippen LogP contribution in [0, 0.1) is 5.41 Å². The van der Waals surface area contributed by atoms with E-state index in [1.165, 1.54) is 18.7 Å². The van der Waals surface area contributed by atoms with Crippen molar-refractivity contribution in [2.75, 3.05) is 7.05 Å². The number of aliphatic carboxylic acids is 1. The molecule has 0 aromatic heterocycles. The Kier molecular flexibility index (Phi) is 5.42. The van der Waals surface area contributed by atoms with Gasteiger partial charge in [-0.1, -0.05) is 29.3 Å². The molecule has 0 aliphatic carbocycles. The van der Waals surface area contributed by atoms with Crippen molar-refractivity contribution in [2.24, 2.45) is 5.41 Å². The van der Waals surface area contributed by atoms with Gasteiger partial charge in [-0.05, 0) is 31.5 Å². The number of carboxylic acids is 1. The van der Waals surface area contributed by atoms with Crippen molar-refractivity contribution in [1.82, 2.24) is 4.90 Å². The Hall–Kier alpha value is -1.26. The van der Waals surface area contributed by atoms with E-state index in [4.69, 9.17) is 28.3 Å². The summed E-state index contributed by atoms with van der Waals surface area (Å²) in [5.41, 5.74) is -0.244. The zero-order chi connectivity index (χ0) is 15.5. The predicted molar refractivity (Wildman–Crippen MR) is 79.0 cm³/mol. The van der Waals surface area contributed by atoms with Crippen LogP contribution in [0.3, 0.4) is 0 Å². The first-order valence-electron chi connectivity index (χ1n) is 6.05. The number of halogens is 2. The number of benzene rings is 1. The predicted octanol–water partition coefficient (Wildman–Crippen LogP) is 3.45. The second kappa shape index (κ2) is 6.46. The zero-order valence-corrected chi connectivity index (χ0v) is 13.1. The molecule has 1 N–H and O–H groups in total. The normalized spacial score (nSPS) is 11.2. The number of hydrogen-bond donors (Lipinski definition) is 1. The van der Waals surface area contributed by atoms with Gasteiger partial charge in [0.2, 0.25) is 5.91 Å². The Morgan fingerprint density at radius 1 is 1.25 bits per heavy atom. The van der Waals surface area contributed by atoms with Crippen LogP contribution >= 0.6 is 23.2 Å². The van der Waals surface area contributed by atoms with Gasteiger partial charge in [-0.3, -0.25) is 9.59 Å². The molecule has 20 heavy (non-hydrogen) atoms. The van der Waals surface area contributed by atoms with Crippen LogP contribution in [-0.2, 0) is 16.1 Å². The van der Waals surface area contributed by atoms with Crippen LogP contribution < -0.4 is 0 Å². The summed E-state index contributed by atoms with van der Waals surface area (Å²) in [7, 11) is 1.63. The van der Waals surface area contributed by atoms with E-state index in [9.17, 15) is 9.59 Å².